The lowest BCUT2D eigenvalue weighted by molar-refractivity contribution is 0.152. The van der Waals surface area contributed by atoms with Crippen LogP contribution in [0.25, 0.3) is 10.8 Å². The second-order valence-corrected chi connectivity index (χ2v) is 4.88. The van der Waals surface area contributed by atoms with Crippen LogP contribution in [0, 0.1) is 0 Å². The number of aliphatic hydroxyl groups is 1. The highest BCUT2D eigenvalue weighted by atomic mass is 79.9. The van der Waals surface area contributed by atoms with E-state index in [1.807, 2.05) is 24.3 Å². The Morgan fingerprint density at radius 2 is 2.05 bits per heavy atom. The van der Waals surface area contributed by atoms with Crippen molar-refractivity contribution < 1.29 is 13.9 Å². The van der Waals surface area contributed by atoms with Crippen LogP contribution >= 0.6 is 15.9 Å². The van der Waals surface area contributed by atoms with Crippen molar-refractivity contribution in [1.29, 1.82) is 0 Å². The highest BCUT2D eigenvalue weighted by Crippen LogP contribution is 2.29. The Kier molecular flexibility index (Phi) is 4.66. The summed E-state index contributed by atoms with van der Waals surface area (Å²) in [5.41, 5.74) is 0. The van der Waals surface area contributed by atoms with E-state index < -0.39 is 13.0 Å². The molecule has 1 aromatic heterocycles. The van der Waals surface area contributed by atoms with Crippen LogP contribution in [0.5, 0.6) is 0 Å². The predicted octanol–water partition coefficient (Wildman–Crippen LogP) is 3.06. The molecule has 1 aromatic carbocycles. The smallest absolute Gasteiger partial charge is 0.255 e. The summed E-state index contributed by atoms with van der Waals surface area (Å²) in [4.78, 5) is 5.58. The minimum Gasteiger partial charge on any atom is -0.395 e. The normalized spacial score (nSPS) is 11.2. The molecule has 2 aromatic rings. The molecule has 0 saturated carbocycles. The summed E-state index contributed by atoms with van der Waals surface area (Å²) in [6.07, 6.45) is -0.895. The number of pyridine rings is 1. The van der Waals surface area contributed by atoms with Gasteiger partial charge in [0.05, 0.1) is 13.2 Å². The number of hydrogen-bond acceptors (Lipinski definition) is 3. The third-order valence-electron chi connectivity index (χ3n) is 2.76. The summed E-state index contributed by atoms with van der Waals surface area (Å²) < 4.78 is 26.1. The minimum absolute atomic E-state index is 0.128. The van der Waals surface area contributed by atoms with E-state index in [0.717, 1.165) is 15.2 Å². The molecule has 2 rings (SSSR count). The van der Waals surface area contributed by atoms with Crippen LogP contribution in [0.1, 0.15) is 0 Å². The summed E-state index contributed by atoms with van der Waals surface area (Å²) in [6.45, 7) is -0.513. The number of hydrogen-bond donors (Lipinski definition) is 1. The molecule has 0 saturated heterocycles. The Morgan fingerprint density at radius 3 is 2.74 bits per heavy atom. The molecule has 0 amide bonds. The van der Waals surface area contributed by atoms with E-state index in [1.54, 1.807) is 6.20 Å². The highest BCUT2D eigenvalue weighted by molar-refractivity contribution is 9.10. The number of halogens is 3. The third-order valence-corrected chi connectivity index (χ3v) is 3.45. The first-order valence-corrected chi connectivity index (χ1v) is 6.60. The maximum atomic E-state index is 12.6. The van der Waals surface area contributed by atoms with Gasteiger partial charge in [0.25, 0.3) is 6.43 Å². The van der Waals surface area contributed by atoms with Crippen LogP contribution in [0.3, 0.4) is 0 Å². The summed E-state index contributed by atoms with van der Waals surface area (Å²) in [6, 6.07) is 7.37. The van der Waals surface area contributed by atoms with Crippen LogP contribution in [-0.4, -0.2) is 36.2 Å². The zero-order valence-electron chi connectivity index (χ0n) is 10.1. The third kappa shape index (κ3) is 3.19. The number of aromatic nitrogens is 1. The van der Waals surface area contributed by atoms with Crippen molar-refractivity contribution in [3.63, 3.8) is 0 Å². The summed E-state index contributed by atoms with van der Waals surface area (Å²) in [5, 5.41) is 10.7. The number of nitrogens with zero attached hydrogens (tertiary/aromatic N) is 2. The quantitative estimate of drug-likeness (QED) is 0.915. The first-order chi connectivity index (χ1) is 9.13. The van der Waals surface area contributed by atoms with Crippen LogP contribution < -0.4 is 4.90 Å². The maximum Gasteiger partial charge on any atom is 0.255 e. The van der Waals surface area contributed by atoms with Crippen molar-refractivity contribution in [2.75, 3.05) is 24.6 Å². The Balaban J connectivity index is 2.50. The molecule has 0 bridgehead atoms. The number of fused-ring (bicyclic) bond motifs is 1. The van der Waals surface area contributed by atoms with Crippen LogP contribution in [0.15, 0.2) is 34.9 Å². The Labute approximate surface area is 118 Å². The monoisotopic (exact) mass is 330 g/mol. The molecule has 0 aliphatic heterocycles. The molecule has 0 radical (unpaired) electrons. The van der Waals surface area contributed by atoms with Gasteiger partial charge < -0.3 is 10.0 Å². The molecule has 102 valence electrons. The molecule has 1 heterocycles. The molecule has 1 N–H and O–H groups in total. The van der Waals surface area contributed by atoms with E-state index in [-0.39, 0.29) is 13.2 Å². The Morgan fingerprint density at radius 1 is 1.26 bits per heavy atom. The molecule has 0 aliphatic carbocycles. The van der Waals surface area contributed by atoms with Crippen molar-refractivity contribution >= 4 is 32.5 Å². The van der Waals surface area contributed by atoms with E-state index in [0.29, 0.717) is 5.82 Å². The lowest BCUT2D eigenvalue weighted by Gasteiger charge is -2.23. The van der Waals surface area contributed by atoms with Gasteiger partial charge in [0, 0.05) is 28.0 Å². The minimum atomic E-state index is -2.48. The Hall–Kier alpha value is -1.27. The predicted molar refractivity (Wildman–Crippen MR) is 74.7 cm³/mol. The largest absolute Gasteiger partial charge is 0.395 e. The van der Waals surface area contributed by atoms with Gasteiger partial charge in [-0.1, -0.05) is 28.1 Å². The summed E-state index contributed by atoms with van der Waals surface area (Å²) in [5.74, 6) is 0.466. The standard InChI is InChI=1S/C13H13BrF2N2O/c14-11-3-1-2-10-9(11)4-5-17-13(10)18(6-7-19)8-12(15)16/h1-5,12,19H,6-8H2. The molecule has 0 atom stereocenters. The SMILES string of the molecule is OCCN(CC(F)F)c1nccc2c(Br)cccc12. The number of anilines is 1. The first-order valence-electron chi connectivity index (χ1n) is 5.80. The second-order valence-electron chi connectivity index (χ2n) is 4.03. The van der Waals surface area contributed by atoms with Gasteiger partial charge in [-0.3, -0.25) is 0 Å². The van der Waals surface area contributed by atoms with Gasteiger partial charge in [0.15, 0.2) is 0 Å². The van der Waals surface area contributed by atoms with Gasteiger partial charge in [0.2, 0.25) is 0 Å². The molecule has 0 unspecified atom stereocenters. The zero-order valence-corrected chi connectivity index (χ0v) is 11.6. The fourth-order valence-electron chi connectivity index (χ4n) is 1.98. The summed E-state index contributed by atoms with van der Waals surface area (Å²) >= 11 is 3.43. The van der Waals surface area contributed by atoms with E-state index in [1.165, 1.54) is 4.90 Å². The summed E-state index contributed by atoms with van der Waals surface area (Å²) in [7, 11) is 0. The molecule has 19 heavy (non-hydrogen) atoms. The lowest BCUT2D eigenvalue weighted by atomic mass is 10.1. The Bertz CT molecular complexity index is 565. The maximum absolute atomic E-state index is 12.6. The van der Waals surface area contributed by atoms with Gasteiger partial charge in [-0.2, -0.15) is 0 Å². The molecular formula is C13H13BrF2N2O. The number of rotatable bonds is 5. The number of benzene rings is 1. The average Bonchev–Trinajstić information content (AvgIpc) is 2.38. The molecule has 0 spiro atoms. The fourth-order valence-corrected chi connectivity index (χ4v) is 2.47. The van der Waals surface area contributed by atoms with Gasteiger partial charge in [-0.05, 0) is 12.1 Å². The number of aliphatic hydroxyl groups excluding tert-OH is 1. The van der Waals surface area contributed by atoms with Gasteiger partial charge in [-0.15, -0.1) is 0 Å². The van der Waals surface area contributed by atoms with Crippen LogP contribution in [0.4, 0.5) is 14.6 Å². The average molecular weight is 331 g/mol. The second kappa shape index (κ2) is 6.25. The van der Waals surface area contributed by atoms with E-state index >= 15 is 0 Å². The number of alkyl halides is 2. The fraction of sp³-hybridized carbons (Fsp3) is 0.308. The molecule has 3 nitrogen and oxygen atoms in total. The van der Waals surface area contributed by atoms with Crippen molar-refractivity contribution in [3.8, 4) is 0 Å². The van der Waals surface area contributed by atoms with E-state index in [4.69, 9.17) is 5.11 Å². The zero-order chi connectivity index (χ0) is 13.8. The molecular weight excluding hydrogens is 318 g/mol. The lowest BCUT2D eigenvalue weighted by Crippen LogP contribution is -2.32. The van der Waals surface area contributed by atoms with Crippen LogP contribution in [-0.2, 0) is 0 Å². The van der Waals surface area contributed by atoms with Gasteiger partial charge in [-0.25, -0.2) is 13.8 Å². The molecule has 0 fully saturated rings. The topological polar surface area (TPSA) is 36.4 Å². The molecule has 6 heteroatoms. The van der Waals surface area contributed by atoms with Crippen molar-refractivity contribution in [1.82, 2.24) is 4.98 Å². The first kappa shape index (κ1) is 14.1. The van der Waals surface area contributed by atoms with Gasteiger partial charge >= 0.3 is 0 Å². The van der Waals surface area contributed by atoms with E-state index in [2.05, 4.69) is 20.9 Å². The van der Waals surface area contributed by atoms with Crippen LogP contribution in [0.2, 0.25) is 0 Å². The van der Waals surface area contributed by atoms with Crippen molar-refractivity contribution in [3.05, 3.63) is 34.9 Å². The van der Waals surface area contributed by atoms with Gasteiger partial charge in [0.1, 0.15) is 5.82 Å². The van der Waals surface area contributed by atoms with E-state index in [9.17, 15) is 8.78 Å². The highest BCUT2D eigenvalue weighted by Gasteiger charge is 2.16. The van der Waals surface area contributed by atoms with Crippen molar-refractivity contribution in [2.45, 2.75) is 6.43 Å². The molecule has 0 aliphatic rings. The van der Waals surface area contributed by atoms with Crippen molar-refractivity contribution in [2.24, 2.45) is 0 Å².